The number of nitrogens with zero attached hydrogens (tertiary/aromatic N) is 2. The second kappa shape index (κ2) is 11.9. The summed E-state index contributed by atoms with van der Waals surface area (Å²) in [5.41, 5.74) is 3.60. The number of amides is 1. The minimum atomic E-state index is -0.435. The average molecular weight is 587 g/mol. The number of hydrogen-bond acceptors (Lipinski definition) is 8. The van der Waals surface area contributed by atoms with Gasteiger partial charge in [-0.1, -0.05) is 33.8 Å². The molecule has 1 N–H and O–H groups in total. The summed E-state index contributed by atoms with van der Waals surface area (Å²) in [6.07, 6.45) is 1.90. The van der Waals surface area contributed by atoms with Gasteiger partial charge in [0.2, 0.25) is 0 Å². The number of amidine groups is 1. The molecule has 1 atom stereocenters. The van der Waals surface area contributed by atoms with Gasteiger partial charge in [0.25, 0.3) is 5.91 Å². The van der Waals surface area contributed by atoms with E-state index >= 15 is 0 Å². The first-order valence-electron chi connectivity index (χ1n) is 11.9. The first kappa shape index (κ1) is 26.8. The van der Waals surface area contributed by atoms with Crippen molar-refractivity contribution in [2.75, 3.05) is 25.1 Å². The molecule has 2 heterocycles. The Bertz CT molecular complexity index is 1310. The highest BCUT2D eigenvalue weighted by atomic mass is 79.9. The smallest absolute Gasteiger partial charge is 0.338 e. The maximum Gasteiger partial charge on any atom is 0.338 e. The predicted octanol–water partition coefficient (Wildman–Crippen LogP) is 5.94. The van der Waals surface area contributed by atoms with Crippen LogP contribution in [0, 0.1) is 6.92 Å². The molecule has 10 heteroatoms. The second-order valence-electron chi connectivity index (χ2n) is 8.27. The Balaban J connectivity index is 1.57. The first-order valence-corrected chi connectivity index (χ1v) is 13.5. The Morgan fingerprint density at radius 3 is 2.62 bits per heavy atom. The van der Waals surface area contributed by atoms with Crippen molar-refractivity contribution in [1.82, 2.24) is 4.90 Å². The largest absolute Gasteiger partial charge is 0.490 e. The predicted molar refractivity (Wildman–Crippen MR) is 149 cm³/mol. The standard InChI is InChI=1S/C27H28BrN3O5S/c1-5-34-22-14-18(25-24(26(33)35-6-2)17(4)29-27-31(25)11-12-37-27)7-10-21(22)36-15-23(32)30-19-8-9-20(28)16(3)13-19/h7-14,25H,5-6,15H2,1-4H3,(H,30,32)/t25-/m0/s1. The number of carbonyl (C=O) groups excluding carboxylic acids is 2. The summed E-state index contributed by atoms with van der Waals surface area (Å²) >= 11 is 4.95. The fourth-order valence-corrected chi connectivity index (χ4v) is 5.08. The summed E-state index contributed by atoms with van der Waals surface area (Å²) in [7, 11) is 0. The van der Waals surface area contributed by atoms with Gasteiger partial charge in [-0.25, -0.2) is 9.79 Å². The number of thioether (sulfide) groups is 1. The van der Waals surface area contributed by atoms with Crippen LogP contribution in [-0.2, 0) is 14.3 Å². The summed E-state index contributed by atoms with van der Waals surface area (Å²) in [6.45, 7) is 7.90. The number of carbonyl (C=O) groups is 2. The lowest BCUT2D eigenvalue weighted by molar-refractivity contribution is -0.139. The number of allylic oxidation sites excluding steroid dienone is 1. The molecule has 0 bridgehead atoms. The molecule has 0 saturated heterocycles. The number of halogens is 1. The topological polar surface area (TPSA) is 89.5 Å². The zero-order valence-electron chi connectivity index (χ0n) is 21.0. The molecule has 0 spiro atoms. The number of aryl methyl sites for hydroxylation is 1. The van der Waals surface area contributed by atoms with Gasteiger partial charge in [-0.15, -0.1) is 0 Å². The Hall–Kier alpha value is -3.24. The Morgan fingerprint density at radius 1 is 1.08 bits per heavy atom. The molecule has 0 radical (unpaired) electrons. The zero-order valence-corrected chi connectivity index (χ0v) is 23.4. The molecule has 194 valence electrons. The molecule has 2 aliphatic rings. The van der Waals surface area contributed by atoms with Crippen molar-refractivity contribution >= 4 is 50.4 Å². The van der Waals surface area contributed by atoms with Gasteiger partial charge in [0.15, 0.2) is 23.3 Å². The van der Waals surface area contributed by atoms with Gasteiger partial charge in [-0.05, 0) is 74.6 Å². The summed E-state index contributed by atoms with van der Waals surface area (Å²) in [5.74, 6) is 0.218. The van der Waals surface area contributed by atoms with Crippen molar-refractivity contribution in [1.29, 1.82) is 0 Å². The lowest BCUT2D eigenvalue weighted by Gasteiger charge is -2.33. The van der Waals surface area contributed by atoms with E-state index in [-0.39, 0.29) is 19.1 Å². The minimum absolute atomic E-state index is 0.187. The van der Waals surface area contributed by atoms with Crippen molar-refractivity contribution in [2.45, 2.75) is 33.7 Å². The van der Waals surface area contributed by atoms with Gasteiger partial charge < -0.3 is 24.4 Å². The van der Waals surface area contributed by atoms with Gasteiger partial charge in [0.1, 0.15) is 0 Å². The molecule has 0 unspecified atom stereocenters. The summed E-state index contributed by atoms with van der Waals surface area (Å²) < 4.78 is 18.0. The number of nitrogens with one attached hydrogen (secondary N) is 1. The average Bonchev–Trinajstić information content (AvgIpc) is 3.33. The number of benzene rings is 2. The van der Waals surface area contributed by atoms with Gasteiger partial charge >= 0.3 is 5.97 Å². The zero-order chi connectivity index (χ0) is 26.5. The van der Waals surface area contributed by atoms with Crippen LogP contribution in [0.15, 0.2) is 68.7 Å². The Kier molecular flexibility index (Phi) is 8.60. The lowest BCUT2D eigenvalue weighted by atomic mass is 9.94. The molecule has 2 aromatic rings. The molecular formula is C27H28BrN3O5S. The summed E-state index contributed by atoms with van der Waals surface area (Å²) in [4.78, 5) is 32.0. The fraction of sp³-hybridized carbons (Fsp3) is 0.296. The van der Waals surface area contributed by atoms with Crippen molar-refractivity contribution in [3.8, 4) is 11.5 Å². The number of anilines is 1. The number of rotatable bonds is 9. The molecule has 1 amide bonds. The van der Waals surface area contributed by atoms with E-state index in [4.69, 9.17) is 14.2 Å². The van der Waals surface area contributed by atoms with Crippen LogP contribution in [0.2, 0.25) is 0 Å². The van der Waals surface area contributed by atoms with E-state index in [1.807, 2.05) is 67.6 Å². The number of esters is 1. The molecular weight excluding hydrogens is 558 g/mol. The number of ether oxygens (including phenoxy) is 3. The first-order chi connectivity index (χ1) is 17.8. The normalized spacial score (nSPS) is 16.3. The van der Waals surface area contributed by atoms with Crippen LogP contribution in [-0.4, -0.2) is 41.8 Å². The lowest BCUT2D eigenvalue weighted by Crippen LogP contribution is -2.34. The van der Waals surface area contributed by atoms with Crippen LogP contribution in [0.5, 0.6) is 11.5 Å². The maximum atomic E-state index is 12.9. The SMILES string of the molecule is CCOC(=O)C1=C(C)N=C2SC=CN2[C@H]1c1ccc(OCC(=O)Nc2ccc(Br)c(C)c2)c(OCC)c1. The van der Waals surface area contributed by atoms with Crippen molar-refractivity contribution in [3.05, 3.63) is 74.9 Å². The van der Waals surface area contributed by atoms with Crippen LogP contribution in [0.4, 0.5) is 5.69 Å². The molecule has 0 fully saturated rings. The van der Waals surface area contributed by atoms with Gasteiger partial charge in [-0.3, -0.25) is 4.79 Å². The van der Waals surface area contributed by atoms with Crippen LogP contribution in [0.3, 0.4) is 0 Å². The molecule has 37 heavy (non-hydrogen) atoms. The molecule has 0 aromatic heterocycles. The third-order valence-corrected chi connectivity index (χ3v) is 7.36. The molecule has 0 saturated carbocycles. The molecule has 0 aliphatic carbocycles. The molecule has 2 aromatic carbocycles. The second-order valence-corrected chi connectivity index (χ2v) is 9.99. The van der Waals surface area contributed by atoms with Gasteiger partial charge in [0.05, 0.1) is 30.5 Å². The van der Waals surface area contributed by atoms with Crippen LogP contribution >= 0.6 is 27.7 Å². The van der Waals surface area contributed by atoms with E-state index in [2.05, 4.69) is 26.2 Å². The molecule has 2 aliphatic heterocycles. The minimum Gasteiger partial charge on any atom is -0.490 e. The van der Waals surface area contributed by atoms with Crippen molar-refractivity contribution in [2.24, 2.45) is 4.99 Å². The number of aliphatic imine (C=N–C) groups is 1. The highest BCUT2D eigenvalue weighted by Crippen LogP contribution is 2.43. The van der Waals surface area contributed by atoms with Crippen molar-refractivity contribution < 1.29 is 23.8 Å². The van der Waals surface area contributed by atoms with E-state index in [1.165, 1.54) is 11.8 Å². The van der Waals surface area contributed by atoms with E-state index in [1.54, 1.807) is 13.0 Å². The van der Waals surface area contributed by atoms with E-state index < -0.39 is 12.0 Å². The van der Waals surface area contributed by atoms with Crippen LogP contribution in [0.1, 0.15) is 37.9 Å². The van der Waals surface area contributed by atoms with Crippen LogP contribution < -0.4 is 14.8 Å². The highest BCUT2D eigenvalue weighted by Gasteiger charge is 2.37. The van der Waals surface area contributed by atoms with E-state index in [0.29, 0.717) is 35.1 Å². The monoisotopic (exact) mass is 585 g/mol. The van der Waals surface area contributed by atoms with Gasteiger partial charge in [0, 0.05) is 16.4 Å². The van der Waals surface area contributed by atoms with E-state index in [9.17, 15) is 9.59 Å². The van der Waals surface area contributed by atoms with Gasteiger partial charge in [-0.2, -0.15) is 0 Å². The van der Waals surface area contributed by atoms with Crippen LogP contribution in [0.25, 0.3) is 0 Å². The Labute approximate surface area is 228 Å². The third kappa shape index (κ3) is 6.02. The number of hydrogen-bond donors (Lipinski definition) is 1. The maximum absolute atomic E-state index is 12.9. The number of fused-ring (bicyclic) bond motifs is 1. The van der Waals surface area contributed by atoms with Crippen molar-refractivity contribution in [3.63, 3.8) is 0 Å². The highest BCUT2D eigenvalue weighted by molar-refractivity contribution is 9.10. The third-order valence-electron chi connectivity index (χ3n) is 5.70. The fourth-order valence-electron chi connectivity index (χ4n) is 4.04. The summed E-state index contributed by atoms with van der Waals surface area (Å²) in [6, 6.07) is 10.6. The molecule has 4 rings (SSSR count). The quantitative estimate of drug-likeness (QED) is 0.364. The Morgan fingerprint density at radius 2 is 1.89 bits per heavy atom. The van der Waals surface area contributed by atoms with E-state index in [0.717, 1.165) is 20.8 Å². The molecule has 8 nitrogen and oxygen atoms in total. The summed E-state index contributed by atoms with van der Waals surface area (Å²) in [5, 5.41) is 5.56.